The number of nitrogens with zero attached hydrogens (tertiary/aromatic N) is 1. The summed E-state index contributed by atoms with van der Waals surface area (Å²) in [6.07, 6.45) is 2.10. The second-order valence-electron chi connectivity index (χ2n) is 6.59. The van der Waals surface area contributed by atoms with E-state index in [1.165, 1.54) is 42.1 Å². The van der Waals surface area contributed by atoms with Gasteiger partial charge in [-0.15, -0.1) is 0 Å². The zero-order valence-electron chi connectivity index (χ0n) is 15.7. The third-order valence-corrected chi connectivity index (χ3v) is 4.49. The molecule has 1 fully saturated rings. The number of hydrogen-bond acceptors (Lipinski definition) is 4. The summed E-state index contributed by atoms with van der Waals surface area (Å²) in [5.74, 6) is -1.42. The van der Waals surface area contributed by atoms with Gasteiger partial charge in [-0.25, -0.2) is 4.39 Å². The van der Waals surface area contributed by atoms with Crippen molar-refractivity contribution in [2.24, 2.45) is 0 Å². The second-order valence-corrected chi connectivity index (χ2v) is 6.59. The Morgan fingerprint density at radius 1 is 1.29 bits per heavy atom. The Morgan fingerprint density at radius 3 is 2.75 bits per heavy atom. The Kier molecular flexibility index (Phi) is 5.89. The van der Waals surface area contributed by atoms with Crippen LogP contribution in [0.15, 0.2) is 41.3 Å². The van der Waals surface area contributed by atoms with Crippen molar-refractivity contribution in [3.05, 3.63) is 69.4 Å². The highest BCUT2D eigenvalue weighted by Crippen LogP contribution is 2.25. The number of benzene rings is 1. The van der Waals surface area contributed by atoms with Gasteiger partial charge >= 0.3 is 0 Å². The first-order valence-corrected chi connectivity index (χ1v) is 9.06. The predicted octanol–water partition coefficient (Wildman–Crippen LogP) is 1.30. The molecule has 2 aromatic rings. The van der Waals surface area contributed by atoms with Gasteiger partial charge in [0.15, 0.2) is 0 Å². The second kappa shape index (κ2) is 8.35. The summed E-state index contributed by atoms with van der Waals surface area (Å²) in [6.45, 7) is 2.48. The topological polar surface area (TPSA) is 89.4 Å². The summed E-state index contributed by atoms with van der Waals surface area (Å²) in [4.78, 5) is 37.4. The van der Waals surface area contributed by atoms with E-state index in [1.54, 1.807) is 6.07 Å². The van der Waals surface area contributed by atoms with E-state index in [4.69, 9.17) is 4.74 Å². The Hall–Kier alpha value is -3.00. The fraction of sp³-hybridized carbons (Fsp3) is 0.350. The van der Waals surface area contributed by atoms with Crippen molar-refractivity contribution in [3.8, 4) is 0 Å². The van der Waals surface area contributed by atoms with Gasteiger partial charge in [0.05, 0.1) is 24.3 Å². The summed E-state index contributed by atoms with van der Waals surface area (Å²) in [6, 6.07) is 6.99. The normalized spacial score (nSPS) is 17.8. The van der Waals surface area contributed by atoms with E-state index in [0.29, 0.717) is 12.2 Å². The largest absolute Gasteiger partial charge is 0.376 e. The Balaban J connectivity index is 1.90. The maximum atomic E-state index is 13.5. The molecular weight excluding hydrogens is 365 g/mol. The number of nitrogens with one attached hydrogen (secondary N) is 2. The van der Waals surface area contributed by atoms with E-state index in [0.717, 1.165) is 6.42 Å². The van der Waals surface area contributed by atoms with E-state index in [-0.39, 0.29) is 29.8 Å². The fourth-order valence-electron chi connectivity index (χ4n) is 2.98. The van der Waals surface area contributed by atoms with Crippen molar-refractivity contribution in [2.45, 2.75) is 32.0 Å². The van der Waals surface area contributed by atoms with Crippen LogP contribution in [0, 0.1) is 5.82 Å². The summed E-state index contributed by atoms with van der Waals surface area (Å²) in [5.41, 5.74) is 0.0142. The van der Waals surface area contributed by atoms with Crippen LogP contribution in [0.3, 0.4) is 0 Å². The van der Waals surface area contributed by atoms with Crippen LogP contribution in [0.2, 0.25) is 0 Å². The maximum absolute atomic E-state index is 13.5. The number of carbonyl (C=O) groups excluding carboxylic acids is 2. The fourth-order valence-corrected chi connectivity index (χ4v) is 2.98. The smallest absolute Gasteiger partial charge is 0.263 e. The Labute approximate surface area is 161 Å². The highest BCUT2D eigenvalue weighted by Gasteiger charge is 2.39. The van der Waals surface area contributed by atoms with Gasteiger partial charge in [-0.05, 0) is 37.1 Å². The highest BCUT2D eigenvalue weighted by atomic mass is 19.1. The summed E-state index contributed by atoms with van der Waals surface area (Å²) in [7, 11) is 1.41. The van der Waals surface area contributed by atoms with E-state index >= 15 is 0 Å². The zero-order chi connectivity index (χ0) is 20.3. The summed E-state index contributed by atoms with van der Waals surface area (Å²) < 4.78 is 20.1. The van der Waals surface area contributed by atoms with E-state index in [1.807, 2.05) is 6.92 Å². The molecule has 0 unspecified atom stereocenters. The van der Waals surface area contributed by atoms with Crippen LogP contribution in [0.25, 0.3) is 0 Å². The van der Waals surface area contributed by atoms with Gasteiger partial charge in [0, 0.05) is 19.9 Å². The van der Waals surface area contributed by atoms with Gasteiger partial charge in [0.1, 0.15) is 11.4 Å². The first kappa shape index (κ1) is 19.8. The molecule has 1 saturated carbocycles. The molecule has 2 atom stereocenters. The van der Waals surface area contributed by atoms with Gasteiger partial charge in [0.25, 0.3) is 17.4 Å². The molecule has 0 saturated heterocycles. The quantitative estimate of drug-likeness (QED) is 0.750. The number of carbonyl (C=O) groups is 2. The lowest BCUT2D eigenvalue weighted by Gasteiger charge is -2.12. The van der Waals surface area contributed by atoms with Crippen molar-refractivity contribution in [1.29, 1.82) is 0 Å². The molecule has 1 aromatic heterocycles. The molecule has 2 N–H and O–H groups in total. The molecule has 3 rings (SSSR count). The average Bonchev–Trinajstić information content (AvgIpc) is 3.40. The lowest BCUT2D eigenvalue weighted by atomic mass is 10.1. The molecule has 0 aliphatic heterocycles. The van der Waals surface area contributed by atoms with Crippen LogP contribution in [0.1, 0.15) is 39.6 Å². The first-order valence-electron chi connectivity index (χ1n) is 9.06. The van der Waals surface area contributed by atoms with E-state index < -0.39 is 23.2 Å². The van der Waals surface area contributed by atoms with E-state index in [9.17, 15) is 18.8 Å². The third kappa shape index (κ3) is 4.45. The number of aromatic nitrogens is 1. The number of pyridine rings is 1. The van der Waals surface area contributed by atoms with Gasteiger partial charge in [-0.1, -0.05) is 12.1 Å². The van der Waals surface area contributed by atoms with Gasteiger partial charge in [-0.3, -0.25) is 14.4 Å². The lowest BCUT2D eigenvalue weighted by molar-refractivity contribution is 0.0914. The van der Waals surface area contributed by atoms with Crippen molar-refractivity contribution >= 4 is 11.8 Å². The van der Waals surface area contributed by atoms with Crippen molar-refractivity contribution in [1.82, 2.24) is 15.2 Å². The number of rotatable bonds is 7. The van der Waals surface area contributed by atoms with Crippen molar-refractivity contribution in [3.63, 3.8) is 0 Å². The van der Waals surface area contributed by atoms with Gasteiger partial charge in [0.2, 0.25) is 0 Å². The van der Waals surface area contributed by atoms with Crippen LogP contribution in [-0.4, -0.2) is 42.2 Å². The van der Waals surface area contributed by atoms with Gasteiger partial charge in [-0.2, -0.15) is 0 Å². The number of hydrogen-bond donors (Lipinski definition) is 2. The molecule has 0 radical (unpaired) electrons. The SMILES string of the molecule is CCO[C@H]1C[C@@H]1NC(=O)c1cc(C(=O)NC)c(=O)n(Cc2cccc(F)c2)c1. The molecule has 148 valence electrons. The lowest BCUT2D eigenvalue weighted by Crippen LogP contribution is -2.35. The zero-order valence-corrected chi connectivity index (χ0v) is 15.7. The molecule has 1 aliphatic rings. The molecule has 1 aliphatic carbocycles. The Bertz CT molecular complexity index is 957. The first-order chi connectivity index (χ1) is 13.4. The average molecular weight is 387 g/mol. The maximum Gasteiger partial charge on any atom is 0.263 e. The number of halogens is 1. The third-order valence-electron chi connectivity index (χ3n) is 4.49. The number of ether oxygens (including phenoxy) is 1. The van der Waals surface area contributed by atoms with E-state index in [2.05, 4.69) is 10.6 Å². The Morgan fingerprint density at radius 2 is 2.07 bits per heavy atom. The van der Waals surface area contributed by atoms with Crippen LogP contribution >= 0.6 is 0 Å². The number of amides is 2. The van der Waals surface area contributed by atoms with Crippen LogP contribution < -0.4 is 16.2 Å². The molecular formula is C20H22FN3O4. The molecule has 0 spiro atoms. The van der Waals surface area contributed by atoms with Crippen molar-refractivity contribution in [2.75, 3.05) is 13.7 Å². The molecule has 0 bridgehead atoms. The minimum Gasteiger partial charge on any atom is -0.376 e. The van der Waals surface area contributed by atoms with Crippen LogP contribution in [0.4, 0.5) is 4.39 Å². The highest BCUT2D eigenvalue weighted by molar-refractivity contribution is 5.99. The van der Waals surface area contributed by atoms with Crippen LogP contribution in [-0.2, 0) is 11.3 Å². The van der Waals surface area contributed by atoms with Crippen LogP contribution in [0.5, 0.6) is 0 Å². The molecule has 28 heavy (non-hydrogen) atoms. The van der Waals surface area contributed by atoms with Crippen molar-refractivity contribution < 1.29 is 18.7 Å². The molecule has 7 nitrogen and oxygen atoms in total. The standard InChI is InChI=1S/C20H22FN3O4/c1-3-28-17-9-16(17)23-18(25)13-8-15(19(26)22-2)20(27)24(11-13)10-12-5-4-6-14(21)7-12/h4-8,11,16-17H,3,9-10H2,1-2H3,(H,22,26)(H,23,25)/t16-,17-/m0/s1. The monoisotopic (exact) mass is 387 g/mol. The minimum absolute atomic E-state index is 0.00874. The van der Waals surface area contributed by atoms with Gasteiger partial charge < -0.3 is 19.9 Å². The predicted molar refractivity (Wildman–Crippen MR) is 101 cm³/mol. The minimum atomic E-state index is -0.591. The molecule has 8 heteroatoms. The molecule has 1 aromatic carbocycles. The summed E-state index contributed by atoms with van der Waals surface area (Å²) >= 11 is 0. The molecule has 2 amide bonds. The summed E-state index contributed by atoms with van der Waals surface area (Å²) in [5, 5.41) is 5.24. The molecule has 1 heterocycles.